The first kappa shape index (κ1) is 12.1. The maximum Gasteiger partial charge on any atom is 0.225 e. The van der Waals surface area contributed by atoms with E-state index in [-0.39, 0.29) is 0 Å². The third-order valence-corrected chi connectivity index (χ3v) is 2.87. The Morgan fingerprint density at radius 3 is 3.29 bits per heavy atom. The molecule has 1 saturated heterocycles. The molecule has 5 heteroatoms. The first-order valence-electron chi connectivity index (χ1n) is 6.29. The molecule has 0 bridgehead atoms. The van der Waals surface area contributed by atoms with Crippen LogP contribution in [0.15, 0.2) is 12.3 Å². The number of aromatic nitrogens is 2. The average Bonchev–Trinajstić information content (AvgIpc) is 2.39. The van der Waals surface area contributed by atoms with Gasteiger partial charge in [0.2, 0.25) is 11.8 Å². The molecule has 5 nitrogen and oxygen atoms in total. The molecule has 1 atom stereocenters. The summed E-state index contributed by atoms with van der Waals surface area (Å²) in [7, 11) is 0. The van der Waals surface area contributed by atoms with Crippen molar-refractivity contribution in [2.24, 2.45) is 5.92 Å². The fourth-order valence-corrected chi connectivity index (χ4v) is 1.99. The van der Waals surface area contributed by atoms with E-state index in [1.807, 2.05) is 6.92 Å². The van der Waals surface area contributed by atoms with Crippen molar-refractivity contribution in [2.75, 3.05) is 31.6 Å². The van der Waals surface area contributed by atoms with Crippen molar-refractivity contribution in [3.8, 4) is 5.88 Å². The predicted octanol–water partition coefficient (Wildman–Crippen LogP) is 1.29. The maximum atomic E-state index is 5.33. The second-order valence-electron chi connectivity index (χ2n) is 4.24. The smallest absolute Gasteiger partial charge is 0.225 e. The van der Waals surface area contributed by atoms with E-state index < -0.39 is 0 Å². The second-order valence-corrected chi connectivity index (χ2v) is 4.24. The molecular formula is C12H20N4O. The molecule has 1 unspecified atom stereocenters. The van der Waals surface area contributed by atoms with E-state index in [9.17, 15) is 0 Å². The Bertz CT molecular complexity index is 339. The largest absolute Gasteiger partial charge is 0.478 e. The van der Waals surface area contributed by atoms with Crippen LogP contribution in [0.1, 0.15) is 19.8 Å². The zero-order valence-electron chi connectivity index (χ0n) is 10.3. The molecule has 1 aliphatic rings. The van der Waals surface area contributed by atoms with Crippen molar-refractivity contribution in [1.82, 2.24) is 15.3 Å². The first-order valence-corrected chi connectivity index (χ1v) is 6.29. The number of ether oxygens (including phenoxy) is 1. The van der Waals surface area contributed by atoms with Gasteiger partial charge in [-0.1, -0.05) is 0 Å². The van der Waals surface area contributed by atoms with Gasteiger partial charge in [0.1, 0.15) is 0 Å². The molecule has 94 valence electrons. The van der Waals surface area contributed by atoms with Gasteiger partial charge in [0.05, 0.1) is 6.61 Å². The van der Waals surface area contributed by atoms with Crippen LogP contribution in [0.5, 0.6) is 5.88 Å². The lowest BCUT2D eigenvalue weighted by atomic mass is 10.00. The summed E-state index contributed by atoms with van der Waals surface area (Å²) in [6.07, 6.45) is 4.25. The molecule has 1 aromatic rings. The number of nitrogens with zero attached hydrogens (tertiary/aromatic N) is 2. The Balaban J connectivity index is 1.83. The van der Waals surface area contributed by atoms with Gasteiger partial charge in [0.25, 0.3) is 0 Å². The number of anilines is 1. The van der Waals surface area contributed by atoms with Crippen LogP contribution in [-0.2, 0) is 0 Å². The highest BCUT2D eigenvalue weighted by Crippen LogP contribution is 2.12. The first-order chi connectivity index (χ1) is 8.38. The minimum Gasteiger partial charge on any atom is -0.478 e. The quantitative estimate of drug-likeness (QED) is 0.806. The molecule has 2 rings (SSSR count). The Labute approximate surface area is 102 Å². The predicted molar refractivity (Wildman–Crippen MR) is 67.3 cm³/mol. The van der Waals surface area contributed by atoms with E-state index >= 15 is 0 Å². The van der Waals surface area contributed by atoms with Crippen molar-refractivity contribution in [2.45, 2.75) is 19.8 Å². The summed E-state index contributed by atoms with van der Waals surface area (Å²) >= 11 is 0. The summed E-state index contributed by atoms with van der Waals surface area (Å²) in [5.41, 5.74) is 0. The van der Waals surface area contributed by atoms with E-state index in [0.717, 1.165) is 19.6 Å². The van der Waals surface area contributed by atoms with Crippen molar-refractivity contribution >= 4 is 5.95 Å². The Morgan fingerprint density at radius 1 is 1.59 bits per heavy atom. The van der Waals surface area contributed by atoms with Gasteiger partial charge in [-0.3, -0.25) is 0 Å². The molecule has 2 N–H and O–H groups in total. The van der Waals surface area contributed by atoms with Crippen molar-refractivity contribution in [3.05, 3.63) is 12.3 Å². The van der Waals surface area contributed by atoms with Gasteiger partial charge >= 0.3 is 0 Å². The maximum absolute atomic E-state index is 5.33. The molecule has 0 amide bonds. The van der Waals surface area contributed by atoms with Crippen molar-refractivity contribution in [1.29, 1.82) is 0 Å². The van der Waals surface area contributed by atoms with Gasteiger partial charge in [0, 0.05) is 18.8 Å². The molecule has 17 heavy (non-hydrogen) atoms. The highest BCUT2D eigenvalue weighted by Gasteiger charge is 2.12. The van der Waals surface area contributed by atoms with Crippen LogP contribution >= 0.6 is 0 Å². The molecule has 1 aromatic heterocycles. The number of rotatable bonds is 5. The summed E-state index contributed by atoms with van der Waals surface area (Å²) < 4.78 is 5.33. The van der Waals surface area contributed by atoms with Gasteiger partial charge < -0.3 is 15.4 Å². The van der Waals surface area contributed by atoms with Crippen LogP contribution in [0.4, 0.5) is 5.95 Å². The van der Waals surface area contributed by atoms with Gasteiger partial charge in [-0.05, 0) is 38.8 Å². The topological polar surface area (TPSA) is 59.1 Å². The average molecular weight is 236 g/mol. The monoisotopic (exact) mass is 236 g/mol. The Hall–Kier alpha value is -1.36. The minimum atomic E-state index is 0.628. The molecule has 0 saturated carbocycles. The summed E-state index contributed by atoms with van der Waals surface area (Å²) in [4.78, 5) is 8.47. The summed E-state index contributed by atoms with van der Waals surface area (Å²) in [5, 5.41) is 6.67. The number of hydrogen-bond acceptors (Lipinski definition) is 5. The van der Waals surface area contributed by atoms with Crippen LogP contribution in [0.2, 0.25) is 0 Å². The molecule has 1 aliphatic heterocycles. The Kier molecular flexibility index (Phi) is 4.55. The van der Waals surface area contributed by atoms with Gasteiger partial charge in [0.15, 0.2) is 0 Å². The third-order valence-electron chi connectivity index (χ3n) is 2.87. The van der Waals surface area contributed by atoms with Crippen LogP contribution in [0, 0.1) is 5.92 Å². The van der Waals surface area contributed by atoms with E-state index in [2.05, 4.69) is 20.6 Å². The van der Waals surface area contributed by atoms with E-state index in [0.29, 0.717) is 24.4 Å². The number of nitrogens with one attached hydrogen (secondary N) is 2. The summed E-state index contributed by atoms with van der Waals surface area (Å²) in [6.45, 7) is 5.72. The van der Waals surface area contributed by atoms with E-state index in [4.69, 9.17) is 4.74 Å². The van der Waals surface area contributed by atoms with Crippen LogP contribution < -0.4 is 15.4 Å². The lowest BCUT2D eigenvalue weighted by Gasteiger charge is -2.22. The third kappa shape index (κ3) is 3.85. The lowest BCUT2D eigenvalue weighted by Crippen LogP contribution is -2.33. The second kappa shape index (κ2) is 6.39. The zero-order chi connectivity index (χ0) is 11.9. The number of piperidine rings is 1. The van der Waals surface area contributed by atoms with Gasteiger partial charge in [-0.25, -0.2) is 4.98 Å². The lowest BCUT2D eigenvalue weighted by molar-refractivity contribution is 0.326. The van der Waals surface area contributed by atoms with Crippen LogP contribution in [0.25, 0.3) is 0 Å². The van der Waals surface area contributed by atoms with Crippen molar-refractivity contribution in [3.63, 3.8) is 0 Å². The summed E-state index contributed by atoms with van der Waals surface area (Å²) in [6, 6.07) is 1.77. The van der Waals surface area contributed by atoms with E-state index in [1.54, 1.807) is 12.3 Å². The SMILES string of the molecule is CCOc1ccnc(NCC2CCCNC2)n1. The molecule has 0 aromatic carbocycles. The zero-order valence-corrected chi connectivity index (χ0v) is 10.3. The minimum absolute atomic E-state index is 0.628. The molecular weight excluding hydrogens is 216 g/mol. The van der Waals surface area contributed by atoms with E-state index in [1.165, 1.54) is 12.8 Å². The molecule has 0 spiro atoms. The molecule has 1 fully saturated rings. The highest BCUT2D eigenvalue weighted by molar-refractivity contribution is 5.27. The fourth-order valence-electron chi connectivity index (χ4n) is 1.99. The Morgan fingerprint density at radius 2 is 2.53 bits per heavy atom. The fraction of sp³-hybridized carbons (Fsp3) is 0.667. The normalized spacial score (nSPS) is 19.9. The highest BCUT2D eigenvalue weighted by atomic mass is 16.5. The molecule has 0 aliphatic carbocycles. The molecule has 2 heterocycles. The standard InChI is InChI=1S/C12H20N4O/c1-2-17-11-5-7-14-12(16-11)15-9-10-4-3-6-13-8-10/h5,7,10,13H,2-4,6,8-9H2,1H3,(H,14,15,16). The molecule has 0 radical (unpaired) electrons. The van der Waals surface area contributed by atoms with Gasteiger partial charge in [-0.15, -0.1) is 0 Å². The summed E-state index contributed by atoms with van der Waals surface area (Å²) in [5.74, 6) is 1.95. The van der Waals surface area contributed by atoms with Crippen molar-refractivity contribution < 1.29 is 4.74 Å². The number of hydrogen-bond donors (Lipinski definition) is 2. The van der Waals surface area contributed by atoms with Crippen LogP contribution in [0.3, 0.4) is 0 Å². The van der Waals surface area contributed by atoms with Crippen LogP contribution in [-0.4, -0.2) is 36.2 Å². The van der Waals surface area contributed by atoms with Gasteiger partial charge in [-0.2, -0.15) is 4.98 Å².